The lowest BCUT2D eigenvalue weighted by atomic mass is 9.92. The minimum atomic E-state index is 0.735. The molecule has 3 heteroatoms. The van der Waals surface area contributed by atoms with E-state index in [1.54, 1.807) is 0 Å². The lowest BCUT2D eigenvalue weighted by molar-refractivity contribution is 0.426. The van der Waals surface area contributed by atoms with Gasteiger partial charge in [-0.3, -0.25) is 4.68 Å². The second-order valence-electron chi connectivity index (χ2n) is 5.36. The monoisotopic (exact) mass is 219 g/mol. The van der Waals surface area contributed by atoms with Crippen LogP contribution in [0.3, 0.4) is 0 Å². The molecule has 1 aromatic heterocycles. The molecule has 3 rings (SSSR count). The lowest BCUT2D eigenvalue weighted by Gasteiger charge is -2.20. The average Bonchev–Trinajstić information content (AvgIpc) is 2.83. The van der Waals surface area contributed by atoms with E-state index in [0.717, 1.165) is 17.9 Å². The molecule has 1 aromatic rings. The number of hydrogen-bond donors (Lipinski definition) is 1. The van der Waals surface area contributed by atoms with E-state index in [9.17, 15) is 0 Å². The molecule has 2 saturated carbocycles. The van der Waals surface area contributed by atoms with Crippen LogP contribution in [0.1, 0.15) is 43.7 Å². The van der Waals surface area contributed by atoms with E-state index in [1.165, 1.54) is 44.3 Å². The predicted molar refractivity (Wildman–Crippen MR) is 64.3 cm³/mol. The van der Waals surface area contributed by atoms with Crippen LogP contribution in [-0.2, 0) is 7.05 Å². The summed E-state index contributed by atoms with van der Waals surface area (Å²) in [4.78, 5) is 0. The highest BCUT2D eigenvalue weighted by molar-refractivity contribution is 5.11. The van der Waals surface area contributed by atoms with Gasteiger partial charge in [-0.25, -0.2) is 0 Å². The normalized spacial score (nSPS) is 29.8. The van der Waals surface area contributed by atoms with E-state index in [-0.39, 0.29) is 0 Å². The van der Waals surface area contributed by atoms with E-state index >= 15 is 0 Å². The first-order valence-electron chi connectivity index (χ1n) is 6.56. The fraction of sp³-hybridized carbons (Fsp3) is 0.769. The summed E-state index contributed by atoms with van der Waals surface area (Å²) >= 11 is 0. The zero-order valence-corrected chi connectivity index (χ0v) is 10.0. The third-order valence-electron chi connectivity index (χ3n) is 4.14. The van der Waals surface area contributed by atoms with Crippen molar-refractivity contribution in [1.82, 2.24) is 15.1 Å². The molecule has 88 valence electrons. The number of nitrogens with one attached hydrogen (secondary N) is 1. The molecule has 1 N–H and O–H groups in total. The Morgan fingerprint density at radius 3 is 2.94 bits per heavy atom. The van der Waals surface area contributed by atoms with Gasteiger partial charge in [0.1, 0.15) is 0 Å². The number of aryl methyl sites for hydroxylation is 1. The van der Waals surface area contributed by atoms with Crippen molar-refractivity contribution in [1.29, 1.82) is 0 Å². The summed E-state index contributed by atoms with van der Waals surface area (Å²) < 4.78 is 2.06. The Labute approximate surface area is 97.2 Å². The molecular formula is C13H21N3. The van der Waals surface area contributed by atoms with Crippen molar-refractivity contribution in [3.63, 3.8) is 0 Å². The van der Waals surface area contributed by atoms with Crippen molar-refractivity contribution in [3.05, 3.63) is 18.0 Å². The predicted octanol–water partition coefficient (Wildman–Crippen LogP) is 2.06. The van der Waals surface area contributed by atoms with Crippen LogP contribution in [-0.4, -0.2) is 22.4 Å². The second kappa shape index (κ2) is 4.21. The van der Waals surface area contributed by atoms with Crippen LogP contribution in [0.5, 0.6) is 0 Å². The third kappa shape index (κ3) is 2.01. The Morgan fingerprint density at radius 1 is 1.38 bits per heavy atom. The molecule has 2 atom stereocenters. The molecule has 0 aromatic carbocycles. The second-order valence-corrected chi connectivity index (χ2v) is 5.36. The minimum absolute atomic E-state index is 0.735. The summed E-state index contributed by atoms with van der Waals surface area (Å²) in [5, 5.41) is 7.98. The van der Waals surface area contributed by atoms with Crippen LogP contribution in [0, 0.1) is 5.92 Å². The molecular weight excluding hydrogens is 198 g/mol. The molecule has 0 spiro atoms. The van der Waals surface area contributed by atoms with Gasteiger partial charge in [0.05, 0.1) is 0 Å². The molecule has 1 heterocycles. The lowest BCUT2D eigenvalue weighted by Crippen LogP contribution is -2.26. The first-order chi connectivity index (χ1) is 7.84. The van der Waals surface area contributed by atoms with Gasteiger partial charge in [0.2, 0.25) is 0 Å². The van der Waals surface area contributed by atoms with Crippen LogP contribution in [0.25, 0.3) is 0 Å². The number of nitrogens with zero attached hydrogens (tertiary/aromatic N) is 2. The molecule has 0 bridgehead atoms. The number of hydrogen-bond acceptors (Lipinski definition) is 2. The standard InChI is InChI=1S/C13H21N3/c1-16-13(7-8-15-16)12-4-2-3-10(12)9-14-11-5-6-11/h7-8,10-12,14H,2-6,9H2,1H3. The Bertz CT molecular complexity index is 354. The largest absolute Gasteiger partial charge is 0.314 e. The van der Waals surface area contributed by atoms with E-state index in [4.69, 9.17) is 0 Å². The number of rotatable bonds is 4. The van der Waals surface area contributed by atoms with Gasteiger partial charge in [-0.15, -0.1) is 0 Å². The summed E-state index contributed by atoms with van der Waals surface area (Å²) in [6, 6.07) is 3.04. The van der Waals surface area contributed by atoms with Crippen LogP contribution < -0.4 is 5.32 Å². The molecule has 0 aliphatic heterocycles. The molecule has 2 aliphatic carbocycles. The maximum absolute atomic E-state index is 4.30. The van der Waals surface area contributed by atoms with Crippen molar-refractivity contribution in [2.24, 2.45) is 13.0 Å². The molecule has 0 saturated heterocycles. The van der Waals surface area contributed by atoms with Gasteiger partial charge in [-0.2, -0.15) is 5.10 Å². The summed E-state index contributed by atoms with van der Waals surface area (Å²) in [5.41, 5.74) is 1.43. The van der Waals surface area contributed by atoms with E-state index in [1.807, 2.05) is 6.20 Å². The van der Waals surface area contributed by atoms with Gasteiger partial charge in [0.15, 0.2) is 0 Å². The highest BCUT2D eigenvalue weighted by atomic mass is 15.3. The van der Waals surface area contributed by atoms with Crippen molar-refractivity contribution in [2.45, 2.75) is 44.1 Å². The van der Waals surface area contributed by atoms with Crippen molar-refractivity contribution < 1.29 is 0 Å². The highest BCUT2D eigenvalue weighted by Gasteiger charge is 2.31. The Balaban J connectivity index is 1.66. The first kappa shape index (κ1) is 10.3. The Morgan fingerprint density at radius 2 is 2.25 bits per heavy atom. The van der Waals surface area contributed by atoms with E-state index < -0.39 is 0 Å². The third-order valence-corrected chi connectivity index (χ3v) is 4.14. The summed E-state index contributed by atoms with van der Waals surface area (Å²) in [7, 11) is 2.07. The smallest absolute Gasteiger partial charge is 0.0492 e. The molecule has 16 heavy (non-hydrogen) atoms. The van der Waals surface area contributed by atoms with Crippen molar-refractivity contribution in [2.75, 3.05) is 6.54 Å². The summed E-state index contributed by atoms with van der Waals surface area (Å²) in [6.07, 6.45) is 8.82. The topological polar surface area (TPSA) is 29.9 Å². The van der Waals surface area contributed by atoms with Gasteiger partial charge in [0, 0.05) is 30.9 Å². The maximum Gasteiger partial charge on any atom is 0.0492 e. The van der Waals surface area contributed by atoms with Crippen LogP contribution in [0.2, 0.25) is 0 Å². The Hall–Kier alpha value is -0.830. The fourth-order valence-electron chi connectivity index (χ4n) is 3.02. The van der Waals surface area contributed by atoms with E-state index in [0.29, 0.717) is 0 Å². The maximum atomic E-state index is 4.30. The Kier molecular flexibility index (Phi) is 2.72. The summed E-state index contributed by atoms with van der Waals surface area (Å²) in [5.74, 6) is 1.56. The van der Waals surface area contributed by atoms with Crippen molar-refractivity contribution >= 4 is 0 Å². The van der Waals surface area contributed by atoms with Gasteiger partial charge in [-0.1, -0.05) is 6.42 Å². The molecule has 2 aliphatic rings. The molecule has 3 nitrogen and oxygen atoms in total. The molecule has 2 fully saturated rings. The molecule has 0 amide bonds. The van der Waals surface area contributed by atoms with E-state index in [2.05, 4.69) is 28.2 Å². The van der Waals surface area contributed by atoms with Crippen LogP contribution >= 0.6 is 0 Å². The fourth-order valence-corrected chi connectivity index (χ4v) is 3.02. The van der Waals surface area contributed by atoms with Gasteiger partial charge in [0.25, 0.3) is 0 Å². The molecule has 0 radical (unpaired) electrons. The minimum Gasteiger partial charge on any atom is -0.314 e. The first-order valence-corrected chi connectivity index (χ1v) is 6.56. The SMILES string of the molecule is Cn1nccc1C1CCCC1CNC1CC1. The van der Waals surface area contributed by atoms with Crippen LogP contribution in [0.4, 0.5) is 0 Å². The zero-order valence-electron chi connectivity index (χ0n) is 10.0. The van der Waals surface area contributed by atoms with Crippen LogP contribution in [0.15, 0.2) is 12.3 Å². The molecule has 2 unspecified atom stereocenters. The average molecular weight is 219 g/mol. The van der Waals surface area contributed by atoms with Gasteiger partial charge < -0.3 is 5.32 Å². The quantitative estimate of drug-likeness (QED) is 0.840. The summed E-state index contributed by atoms with van der Waals surface area (Å²) in [6.45, 7) is 1.21. The highest BCUT2D eigenvalue weighted by Crippen LogP contribution is 2.39. The zero-order chi connectivity index (χ0) is 11.0. The van der Waals surface area contributed by atoms with Crippen molar-refractivity contribution in [3.8, 4) is 0 Å². The number of aromatic nitrogens is 2. The van der Waals surface area contributed by atoms with Gasteiger partial charge >= 0.3 is 0 Å². The van der Waals surface area contributed by atoms with Gasteiger partial charge in [-0.05, 0) is 44.2 Å².